The van der Waals surface area contributed by atoms with Gasteiger partial charge in [0, 0.05) is 12.2 Å². The number of anilines is 1. The van der Waals surface area contributed by atoms with Crippen LogP contribution in [0.3, 0.4) is 0 Å². The molecule has 0 aromatic heterocycles. The Hall–Kier alpha value is -1.96. The van der Waals surface area contributed by atoms with Crippen LogP contribution in [-0.4, -0.2) is 6.10 Å². The van der Waals surface area contributed by atoms with E-state index in [1.165, 1.54) is 22.4 Å². The summed E-state index contributed by atoms with van der Waals surface area (Å²) in [5.41, 5.74) is 5.03. The Morgan fingerprint density at radius 1 is 1.05 bits per heavy atom. The third-order valence-corrected chi connectivity index (χ3v) is 3.70. The van der Waals surface area contributed by atoms with E-state index < -0.39 is 0 Å². The van der Waals surface area contributed by atoms with E-state index in [4.69, 9.17) is 4.74 Å². The van der Waals surface area contributed by atoms with Crippen LogP contribution in [0.2, 0.25) is 0 Å². The highest BCUT2D eigenvalue weighted by molar-refractivity contribution is 5.52. The van der Waals surface area contributed by atoms with Crippen molar-refractivity contribution in [2.45, 2.75) is 46.8 Å². The lowest BCUT2D eigenvalue weighted by Gasteiger charge is -2.13. The summed E-state index contributed by atoms with van der Waals surface area (Å²) in [7, 11) is 0. The molecule has 0 saturated carbocycles. The van der Waals surface area contributed by atoms with Crippen molar-refractivity contribution in [3.63, 3.8) is 0 Å². The molecule has 21 heavy (non-hydrogen) atoms. The molecule has 0 aliphatic rings. The maximum Gasteiger partial charge on any atom is 0.119 e. The quantitative estimate of drug-likeness (QED) is 0.797. The molecule has 0 bridgehead atoms. The van der Waals surface area contributed by atoms with Gasteiger partial charge in [0.2, 0.25) is 0 Å². The SMILES string of the molecule is CCC(C)Oc1ccc(CNc2ccc(C)cc2C)cc1. The third kappa shape index (κ3) is 4.52. The zero-order valence-corrected chi connectivity index (χ0v) is 13.4. The fourth-order valence-electron chi connectivity index (χ4n) is 2.21. The molecular weight excluding hydrogens is 258 g/mol. The molecule has 0 heterocycles. The van der Waals surface area contributed by atoms with Crippen LogP contribution in [0.1, 0.15) is 37.0 Å². The van der Waals surface area contributed by atoms with Gasteiger partial charge in [-0.2, -0.15) is 0 Å². The molecule has 2 heteroatoms. The lowest BCUT2D eigenvalue weighted by molar-refractivity contribution is 0.217. The molecule has 2 aromatic rings. The molecule has 112 valence electrons. The molecule has 1 unspecified atom stereocenters. The molecule has 2 nitrogen and oxygen atoms in total. The van der Waals surface area contributed by atoms with Crippen molar-refractivity contribution in [3.05, 3.63) is 59.2 Å². The number of ether oxygens (including phenoxy) is 1. The van der Waals surface area contributed by atoms with Gasteiger partial charge in [-0.25, -0.2) is 0 Å². The first-order valence-corrected chi connectivity index (χ1v) is 7.65. The molecule has 0 fully saturated rings. The first-order valence-electron chi connectivity index (χ1n) is 7.65. The van der Waals surface area contributed by atoms with Gasteiger partial charge in [0.15, 0.2) is 0 Å². The molecule has 0 amide bonds. The molecule has 0 radical (unpaired) electrons. The van der Waals surface area contributed by atoms with Crippen LogP contribution in [0.25, 0.3) is 0 Å². The molecule has 0 spiro atoms. The van der Waals surface area contributed by atoms with Gasteiger partial charge in [-0.05, 0) is 56.5 Å². The largest absolute Gasteiger partial charge is 0.491 e. The van der Waals surface area contributed by atoms with Crippen LogP contribution >= 0.6 is 0 Å². The lowest BCUT2D eigenvalue weighted by atomic mass is 10.1. The molecule has 1 atom stereocenters. The van der Waals surface area contributed by atoms with Gasteiger partial charge >= 0.3 is 0 Å². The van der Waals surface area contributed by atoms with Crippen molar-refractivity contribution in [1.29, 1.82) is 0 Å². The molecule has 0 saturated heterocycles. The van der Waals surface area contributed by atoms with Crippen molar-refractivity contribution in [2.75, 3.05) is 5.32 Å². The highest BCUT2D eigenvalue weighted by atomic mass is 16.5. The summed E-state index contributed by atoms with van der Waals surface area (Å²) >= 11 is 0. The van der Waals surface area contributed by atoms with Crippen LogP contribution in [0.15, 0.2) is 42.5 Å². The minimum atomic E-state index is 0.268. The zero-order chi connectivity index (χ0) is 15.2. The van der Waals surface area contributed by atoms with E-state index in [0.29, 0.717) is 0 Å². The van der Waals surface area contributed by atoms with E-state index in [0.717, 1.165) is 18.7 Å². The van der Waals surface area contributed by atoms with Gasteiger partial charge in [-0.3, -0.25) is 0 Å². The first kappa shape index (κ1) is 15.4. The Kier molecular flexibility index (Phi) is 5.26. The van der Waals surface area contributed by atoms with Crippen LogP contribution in [-0.2, 0) is 6.54 Å². The standard InChI is InChI=1S/C19H25NO/c1-5-16(4)21-18-9-7-17(8-10-18)13-20-19-11-6-14(2)12-15(19)3/h6-12,16,20H,5,13H2,1-4H3. The summed E-state index contributed by atoms with van der Waals surface area (Å²) in [4.78, 5) is 0. The Labute approximate surface area is 128 Å². The van der Waals surface area contributed by atoms with Crippen molar-refractivity contribution in [1.82, 2.24) is 0 Å². The van der Waals surface area contributed by atoms with E-state index in [1.807, 2.05) is 12.1 Å². The Morgan fingerprint density at radius 2 is 1.76 bits per heavy atom. The van der Waals surface area contributed by atoms with Crippen molar-refractivity contribution >= 4 is 5.69 Å². The number of nitrogens with one attached hydrogen (secondary N) is 1. The van der Waals surface area contributed by atoms with Gasteiger partial charge in [-0.15, -0.1) is 0 Å². The predicted molar refractivity (Wildman–Crippen MR) is 90.1 cm³/mol. The summed E-state index contributed by atoms with van der Waals surface area (Å²) < 4.78 is 5.79. The second-order valence-corrected chi connectivity index (χ2v) is 5.65. The molecule has 0 aliphatic heterocycles. The van der Waals surface area contributed by atoms with E-state index in [1.54, 1.807) is 0 Å². The normalized spacial score (nSPS) is 12.0. The second kappa shape index (κ2) is 7.16. The van der Waals surface area contributed by atoms with Gasteiger partial charge in [-0.1, -0.05) is 36.8 Å². The molecular formula is C19H25NO. The Bertz CT molecular complexity index is 575. The van der Waals surface area contributed by atoms with Gasteiger partial charge < -0.3 is 10.1 Å². The summed E-state index contributed by atoms with van der Waals surface area (Å²) in [6, 6.07) is 14.8. The minimum Gasteiger partial charge on any atom is -0.491 e. The monoisotopic (exact) mass is 283 g/mol. The number of aryl methyl sites for hydroxylation is 2. The fourth-order valence-corrected chi connectivity index (χ4v) is 2.21. The maximum absolute atomic E-state index is 5.79. The lowest BCUT2D eigenvalue weighted by Crippen LogP contribution is -2.09. The van der Waals surface area contributed by atoms with Crippen molar-refractivity contribution in [3.8, 4) is 5.75 Å². The average molecular weight is 283 g/mol. The summed E-state index contributed by atoms with van der Waals surface area (Å²) in [6.07, 6.45) is 1.29. The number of rotatable bonds is 6. The fraction of sp³-hybridized carbons (Fsp3) is 0.368. The van der Waals surface area contributed by atoms with E-state index >= 15 is 0 Å². The topological polar surface area (TPSA) is 21.3 Å². The molecule has 0 aliphatic carbocycles. The van der Waals surface area contributed by atoms with Crippen LogP contribution in [0.5, 0.6) is 5.75 Å². The maximum atomic E-state index is 5.79. The molecule has 2 rings (SSSR count). The highest BCUT2D eigenvalue weighted by Crippen LogP contribution is 2.19. The molecule has 1 N–H and O–H groups in total. The van der Waals surface area contributed by atoms with E-state index in [9.17, 15) is 0 Å². The predicted octanol–water partition coefficient (Wildman–Crippen LogP) is 5.09. The van der Waals surface area contributed by atoms with Crippen LogP contribution < -0.4 is 10.1 Å². The van der Waals surface area contributed by atoms with Crippen LogP contribution in [0.4, 0.5) is 5.69 Å². The number of hydrogen-bond donors (Lipinski definition) is 1. The van der Waals surface area contributed by atoms with E-state index in [-0.39, 0.29) is 6.10 Å². The number of benzene rings is 2. The summed E-state index contributed by atoms with van der Waals surface area (Å²) in [5.74, 6) is 0.944. The second-order valence-electron chi connectivity index (χ2n) is 5.65. The summed E-state index contributed by atoms with van der Waals surface area (Å²) in [5, 5.41) is 3.49. The van der Waals surface area contributed by atoms with Gasteiger partial charge in [0.25, 0.3) is 0 Å². The van der Waals surface area contributed by atoms with Crippen molar-refractivity contribution < 1.29 is 4.74 Å². The van der Waals surface area contributed by atoms with Crippen LogP contribution in [0, 0.1) is 13.8 Å². The smallest absolute Gasteiger partial charge is 0.119 e. The highest BCUT2D eigenvalue weighted by Gasteiger charge is 2.02. The van der Waals surface area contributed by atoms with E-state index in [2.05, 4.69) is 63.3 Å². The summed E-state index contributed by atoms with van der Waals surface area (Å²) in [6.45, 7) is 9.31. The Balaban J connectivity index is 1.94. The average Bonchev–Trinajstić information content (AvgIpc) is 2.48. The number of hydrogen-bond acceptors (Lipinski definition) is 2. The van der Waals surface area contributed by atoms with Crippen molar-refractivity contribution in [2.24, 2.45) is 0 Å². The van der Waals surface area contributed by atoms with Gasteiger partial charge in [0.1, 0.15) is 5.75 Å². The first-order chi connectivity index (χ1) is 10.1. The molecule has 2 aromatic carbocycles. The Morgan fingerprint density at radius 3 is 2.38 bits per heavy atom. The zero-order valence-electron chi connectivity index (χ0n) is 13.4. The van der Waals surface area contributed by atoms with Gasteiger partial charge in [0.05, 0.1) is 6.10 Å². The third-order valence-electron chi connectivity index (χ3n) is 3.70. The minimum absolute atomic E-state index is 0.268.